The Bertz CT molecular complexity index is 695. The topological polar surface area (TPSA) is 47.6 Å². The fourth-order valence-corrected chi connectivity index (χ4v) is 2.47. The number of nitrogens with one attached hydrogen (secondary N) is 1. The molecule has 0 unspecified atom stereocenters. The first kappa shape index (κ1) is 16.9. The Balaban J connectivity index is 2.02. The summed E-state index contributed by atoms with van der Waals surface area (Å²) in [6.45, 7) is 4.54. The minimum atomic E-state index is -0.0122. The molecule has 4 heteroatoms. The summed E-state index contributed by atoms with van der Waals surface area (Å²) in [6, 6.07) is 11.9. The van der Waals surface area contributed by atoms with Gasteiger partial charge in [0.2, 0.25) is 5.91 Å². The lowest BCUT2D eigenvalue weighted by atomic mass is 10.0. The van der Waals surface area contributed by atoms with Crippen molar-refractivity contribution < 1.29 is 14.3 Å². The molecule has 0 aliphatic heterocycles. The summed E-state index contributed by atoms with van der Waals surface area (Å²) < 4.78 is 10.6. The van der Waals surface area contributed by atoms with Crippen LogP contribution >= 0.6 is 0 Å². The molecular weight excluding hydrogens is 290 g/mol. The van der Waals surface area contributed by atoms with Gasteiger partial charge in [0.1, 0.15) is 0 Å². The first-order valence-electron chi connectivity index (χ1n) is 7.57. The first-order valence-corrected chi connectivity index (χ1v) is 7.57. The summed E-state index contributed by atoms with van der Waals surface area (Å²) in [5.74, 6) is 1.30. The van der Waals surface area contributed by atoms with Gasteiger partial charge in [-0.3, -0.25) is 4.79 Å². The van der Waals surface area contributed by atoms with E-state index in [1.165, 1.54) is 5.56 Å². The van der Waals surface area contributed by atoms with Crippen LogP contribution in [0.5, 0.6) is 11.5 Å². The summed E-state index contributed by atoms with van der Waals surface area (Å²) in [5, 5.41) is 2.96. The van der Waals surface area contributed by atoms with Crippen LogP contribution in [0.2, 0.25) is 0 Å². The summed E-state index contributed by atoms with van der Waals surface area (Å²) >= 11 is 0. The van der Waals surface area contributed by atoms with E-state index in [1.54, 1.807) is 14.2 Å². The van der Waals surface area contributed by atoms with E-state index in [0.717, 1.165) is 16.7 Å². The number of hydrogen-bond acceptors (Lipinski definition) is 3. The van der Waals surface area contributed by atoms with Gasteiger partial charge in [0, 0.05) is 6.54 Å². The van der Waals surface area contributed by atoms with E-state index >= 15 is 0 Å². The molecule has 0 heterocycles. The number of aryl methyl sites for hydroxylation is 2. The van der Waals surface area contributed by atoms with Crippen LogP contribution in [0.3, 0.4) is 0 Å². The highest BCUT2D eigenvalue weighted by molar-refractivity contribution is 5.79. The number of methoxy groups -OCH3 is 2. The Morgan fingerprint density at radius 1 is 1.04 bits per heavy atom. The van der Waals surface area contributed by atoms with Gasteiger partial charge >= 0.3 is 0 Å². The maximum atomic E-state index is 12.2. The Labute approximate surface area is 137 Å². The smallest absolute Gasteiger partial charge is 0.224 e. The van der Waals surface area contributed by atoms with Gasteiger partial charge in [0.05, 0.1) is 20.6 Å². The summed E-state index contributed by atoms with van der Waals surface area (Å²) in [4.78, 5) is 12.2. The average molecular weight is 313 g/mol. The molecule has 1 N–H and O–H groups in total. The molecule has 23 heavy (non-hydrogen) atoms. The lowest BCUT2D eigenvalue weighted by Crippen LogP contribution is -2.24. The minimum Gasteiger partial charge on any atom is -0.493 e. The van der Waals surface area contributed by atoms with Gasteiger partial charge in [0.15, 0.2) is 11.5 Å². The maximum absolute atomic E-state index is 12.2. The van der Waals surface area contributed by atoms with Gasteiger partial charge in [-0.1, -0.05) is 29.8 Å². The standard InChI is InChI=1S/C19H23NO3/c1-13-6-5-7-15(8-13)12-20-19(21)11-16-10-18(23-4)17(22-3)9-14(16)2/h5-10H,11-12H2,1-4H3,(H,20,21). The van der Waals surface area contributed by atoms with E-state index in [0.29, 0.717) is 24.5 Å². The highest BCUT2D eigenvalue weighted by Crippen LogP contribution is 2.30. The quantitative estimate of drug-likeness (QED) is 0.891. The van der Waals surface area contributed by atoms with E-state index in [1.807, 2.05) is 44.2 Å². The van der Waals surface area contributed by atoms with Crippen LogP contribution in [0.15, 0.2) is 36.4 Å². The van der Waals surface area contributed by atoms with Crippen molar-refractivity contribution in [3.8, 4) is 11.5 Å². The Hall–Kier alpha value is -2.49. The first-order chi connectivity index (χ1) is 11.0. The number of ether oxygens (including phenoxy) is 2. The van der Waals surface area contributed by atoms with E-state index in [2.05, 4.69) is 11.4 Å². The molecular formula is C19H23NO3. The third-order valence-electron chi connectivity index (χ3n) is 3.77. The number of benzene rings is 2. The molecule has 2 aromatic carbocycles. The second kappa shape index (κ2) is 7.68. The molecule has 0 spiro atoms. The maximum Gasteiger partial charge on any atom is 0.224 e. The molecule has 0 bridgehead atoms. The average Bonchev–Trinajstić information content (AvgIpc) is 2.54. The van der Waals surface area contributed by atoms with Crippen molar-refractivity contribution in [2.75, 3.05) is 14.2 Å². The highest BCUT2D eigenvalue weighted by atomic mass is 16.5. The zero-order valence-corrected chi connectivity index (χ0v) is 14.1. The van der Waals surface area contributed by atoms with Crippen LogP contribution in [0, 0.1) is 13.8 Å². The molecule has 0 aromatic heterocycles. The van der Waals surface area contributed by atoms with Crippen molar-refractivity contribution in [1.82, 2.24) is 5.32 Å². The van der Waals surface area contributed by atoms with E-state index in [-0.39, 0.29) is 5.91 Å². The lowest BCUT2D eigenvalue weighted by Gasteiger charge is -2.13. The molecule has 0 radical (unpaired) electrons. The summed E-state index contributed by atoms with van der Waals surface area (Å²) in [5.41, 5.74) is 4.23. The summed E-state index contributed by atoms with van der Waals surface area (Å²) in [7, 11) is 3.19. The van der Waals surface area contributed by atoms with E-state index in [9.17, 15) is 4.79 Å². The van der Waals surface area contributed by atoms with Crippen LogP contribution in [-0.2, 0) is 17.8 Å². The minimum absolute atomic E-state index is 0.0122. The molecule has 2 rings (SSSR count). The van der Waals surface area contributed by atoms with Crippen molar-refractivity contribution in [2.24, 2.45) is 0 Å². The van der Waals surface area contributed by atoms with Crippen LogP contribution < -0.4 is 14.8 Å². The van der Waals surface area contributed by atoms with Crippen LogP contribution in [-0.4, -0.2) is 20.1 Å². The highest BCUT2D eigenvalue weighted by Gasteiger charge is 2.11. The Kier molecular flexibility index (Phi) is 5.63. The zero-order chi connectivity index (χ0) is 16.8. The number of hydrogen-bond donors (Lipinski definition) is 1. The monoisotopic (exact) mass is 313 g/mol. The van der Waals surface area contributed by atoms with Gasteiger partial charge in [0.25, 0.3) is 0 Å². The fraction of sp³-hybridized carbons (Fsp3) is 0.316. The van der Waals surface area contributed by atoms with Gasteiger partial charge in [-0.05, 0) is 42.7 Å². The predicted octanol–water partition coefficient (Wildman–Crippen LogP) is 3.18. The van der Waals surface area contributed by atoms with Crippen molar-refractivity contribution in [1.29, 1.82) is 0 Å². The van der Waals surface area contributed by atoms with Gasteiger partial charge in [-0.25, -0.2) is 0 Å². The predicted molar refractivity (Wildman–Crippen MR) is 91.0 cm³/mol. The Morgan fingerprint density at radius 2 is 1.74 bits per heavy atom. The molecule has 0 atom stereocenters. The molecule has 0 fully saturated rings. The van der Waals surface area contributed by atoms with Crippen molar-refractivity contribution in [3.05, 3.63) is 58.7 Å². The molecule has 122 valence electrons. The van der Waals surface area contributed by atoms with Crippen LogP contribution in [0.1, 0.15) is 22.3 Å². The third kappa shape index (κ3) is 4.49. The molecule has 0 aliphatic rings. The zero-order valence-electron chi connectivity index (χ0n) is 14.1. The third-order valence-corrected chi connectivity index (χ3v) is 3.77. The Morgan fingerprint density at radius 3 is 2.39 bits per heavy atom. The van der Waals surface area contributed by atoms with Gasteiger partial charge in [-0.2, -0.15) is 0 Å². The number of carbonyl (C=O) groups is 1. The van der Waals surface area contributed by atoms with Crippen molar-refractivity contribution in [3.63, 3.8) is 0 Å². The van der Waals surface area contributed by atoms with Crippen molar-refractivity contribution in [2.45, 2.75) is 26.8 Å². The fourth-order valence-electron chi connectivity index (χ4n) is 2.47. The van der Waals surface area contributed by atoms with E-state index in [4.69, 9.17) is 9.47 Å². The molecule has 0 saturated heterocycles. The number of carbonyl (C=O) groups excluding carboxylic acids is 1. The van der Waals surface area contributed by atoms with Crippen molar-refractivity contribution >= 4 is 5.91 Å². The second-order valence-electron chi connectivity index (χ2n) is 5.58. The molecule has 2 aromatic rings. The van der Waals surface area contributed by atoms with Crippen LogP contribution in [0.25, 0.3) is 0 Å². The van der Waals surface area contributed by atoms with Gasteiger partial charge < -0.3 is 14.8 Å². The largest absolute Gasteiger partial charge is 0.493 e. The number of rotatable bonds is 6. The van der Waals surface area contributed by atoms with Gasteiger partial charge in [-0.15, -0.1) is 0 Å². The molecule has 1 amide bonds. The molecule has 4 nitrogen and oxygen atoms in total. The SMILES string of the molecule is COc1cc(C)c(CC(=O)NCc2cccc(C)c2)cc1OC. The summed E-state index contributed by atoms with van der Waals surface area (Å²) in [6.07, 6.45) is 0.317. The normalized spacial score (nSPS) is 10.3. The van der Waals surface area contributed by atoms with Crippen LogP contribution in [0.4, 0.5) is 0 Å². The molecule has 0 saturated carbocycles. The second-order valence-corrected chi connectivity index (χ2v) is 5.58. The number of amides is 1. The molecule has 0 aliphatic carbocycles. The van der Waals surface area contributed by atoms with E-state index < -0.39 is 0 Å². The lowest BCUT2D eigenvalue weighted by molar-refractivity contribution is -0.120.